The molecule has 0 saturated carbocycles. The summed E-state index contributed by atoms with van der Waals surface area (Å²) in [5.74, 6) is 0.685. The molecular formula is C15H20ClN3. The lowest BCUT2D eigenvalue weighted by Crippen LogP contribution is -2.14. The molecule has 2 aromatic rings. The number of nitrogens with zero attached hydrogens (tertiary/aromatic N) is 2. The molecule has 0 saturated heterocycles. The third-order valence-electron chi connectivity index (χ3n) is 3.46. The average molecular weight is 278 g/mol. The Balaban J connectivity index is 2.23. The topological polar surface area (TPSA) is 29.9 Å². The number of hydrogen-bond donors (Lipinski definition) is 1. The lowest BCUT2D eigenvalue weighted by atomic mass is 10.0. The van der Waals surface area contributed by atoms with Crippen molar-refractivity contribution >= 4 is 17.3 Å². The van der Waals surface area contributed by atoms with Crippen LogP contribution in [0.25, 0.3) is 5.69 Å². The first-order chi connectivity index (χ1) is 9.26. The van der Waals surface area contributed by atoms with Crippen LogP contribution in [0.3, 0.4) is 0 Å². The van der Waals surface area contributed by atoms with Crippen molar-refractivity contribution in [1.29, 1.82) is 0 Å². The van der Waals surface area contributed by atoms with Crippen LogP contribution in [0, 0.1) is 5.92 Å². The molecule has 4 heteroatoms. The van der Waals surface area contributed by atoms with Crippen molar-refractivity contribution in [3.05, 3.63) is 41.7 Å². The summed E-state index contributed by atoms with van der Waals surface area (Å²) in [5, 5.41) is 8.47. The highest BCUT2D eigenvalue weighted by Crippen LogP contribution is 2.28. The van der Waals surface area contributed by atoms with E-state index in [0.717, 1.165) is 17.9 Å². The van der Waals surface area contributed by atoms with Crippen LogP contribution in [0.15, 0.2) is 36.7 Å². The maximum atomic E-state index is 6.30. The number of benzene rings is 1. The largest absolute Gasteiger partial charge is 0.383 e. The molecule has 1 aromatic carbocycles. The summed E-state index contributed by atoms with van der Waals surface area (Å²) < 4.78 is 1.80. The Morgan fingerprint density at radius 1 is 1.26 bits per heavy atom. The molecule has 102 valence electrons. The van der Waals surface area contributed by atoms with E-state index in [0.29, 0.717) is 10.9 Å². The fourth-order valence-corrected chi connectivity index (χ4v) is 2.38. The van der Waals surface area contributed by atoms with Crippen LogP contribution in [0.2, 0.25) is 5.02 Å². The monoisotopic (exact) mass is 277 g/mol. The number of anilines is 1. The van der Waals surface area contributed by atoms with Crippen LogP contribution < -0.4 is 5.32 Å². The summed E-state index contributed by atoms with van der Waals surface area (Å²) in [6.07, 6.45) is 6.03. The fourth-order valence-electron chi connectivity index (χ4n) is 2.12. The molecule has 3 nitrogen and oxygen atoms in total. The minimum atomic E-state index is 0.685. The fraction of sp³-hybridized carbons (Fsp3) is 0.400. The number of rotatable bonds is 6. The maximum Gasteiger partial charge on any atom is 0.106 e. The number of nitrogens with one attached hydrogen (secondary N) is 1. The van der Waals surface area contributed by atoms with Gasteiger partial charge >= 0.3 is 0 Å². The summed E-state index contributed by atoms with van der Waals surface area (Å²) in [7, 11) is 0. The van der Waals surface area contributed by atoms with Crippen molar-refractivity contribution in [2.45, 2.75) is 26.7 Å². The Kier molecular flexibility index (Phi) is 4.86. The first-order valence-corrected chi connectivity index (χ1v) is 7.16. The van der Waals surface area contributed by atoms with E-state index in [1.54, 1.807) is 10.9 Å². The predicted molar refractivity (Wildman–Crippen MR) is 81.1 cm³/mol. The third-order valence-corrected chi connectivity index (χ3v) is 3.76. The minimum absolute atomic E-state index is 0.685. The molecule has 0 aliphatic carbocycles. The van der Waals surface area contributed by atoms with E-state index in [1.807, 2.05) is 30.5 Å². The molecule has 2 rings (SSSR count). The second-order valence-electron chi connectivity index (χ2n) is 4.65. The average Bonchev–Trinajstić information content (AvgIpc) is 2.93. The molecule has 0 spiro atoms. The Morgan fingerprint density at radius 2 is 2.05 bits per heavy atom. The minimum Gasteiger partial charge on any atom is -0.383 e. The van der Waals surface area contributed by atoms with E-state index in [-0.39, 0.29) is 0 Å². The van der Waals surface area contributed by atoms with Gasteiger partial charge in [0.2, 0.25) is 0 Å². The van der Waals surface area contributed by atoms with Crippen LogP contribution in [0.4, 0.5) is 5.69 Å². The van der Waals surface area contributed by atoms with Crippen LogP contribution in [-0.4, -0.2) is 16.3 Å². The van der Waals surface area contributed by atoms with Gasteiger partial charge in [0.15, 0.2) is 0 Å². The van der Waals surface area contributed by atoms with Gasteiger partial charge in [0, 0.05) is 18.9 Å². The zero-order valence-electron chi connectivity index (χ0n) is 11.4. The van der Waals surface area contributed by atoms with E-state index in [4.69, 9.17) is 11.6 Å². The van der Waals surface area contributed by atoms with Gasteiger partial charge in [0.25, 0.3) is 0 Å². The molecule has 19 heavy (non-hydrogen) atoms. The lowest BCUT2D eigenvalue weighted by molar-refractivity contribution is 0.519. The van der Waals surface area contributed by atoms with Crippen LogP contribution in [0.5, 0.6) is 0 Å². The summed E-state index contributed by atoms with van der Waals surface area (Å²) in [4.78, 5) is 0. The van der Waals surface area contributed by atoms with E-state index in [9.17, 15) is 0 Å². The van der Waals surface area contributed by atoms with Gasteiger partial charge < -0.3 is 5.32 Å². The van der Waals surface area contributed by atoms with Gasteiger partial charge in [-0.15, -0.1) is 0 Å². The second kappa shape index (κ2) is 6.62. The quantitative estimate of drug-likeness (QED) is 0.849. The number of para-hydroxylation sites is 1. The second-order valence-corrected chi connectivity index (χ2v) is 5.06. The zero-order chi connectivity index (χ0) is 13.7. The van der Waals surface area contributed by atoms with Gasteiger partial charge in [-0.2, -0.15) is 5.10 Å². The van der Waals surface area contributed by atoms with Crippen molar-refractivity contribution in [2.24, 2.45) is 5.92 Å². The van der Waals surface area contributed by atoms with Gasteiger partial charge in [-0.25, -0.2) is 4.68 Å². The van der Waals surface area contributed by atoms with Crippen molar-refractivity contribution in [2.75, 3.05) is 11.9 Å². The Morgan fingerprint density at radius 3 is 2.68 bits per heavy atom. The Bertz CT molecular complexity index is 504. The molecule has 0 radical (unpaired) electrons. The number of halogens is 1. The van der Waals surface area contributed by atoms with E-state index >= 15 is 0 Å². The molecule has 0 fully saturated rings. The Hall–Kier alpha value is -1.48. The van der Waals surface area contributed by atoms with E-state index in [1.165, 1.54) is 12.8 Å². The molecule has 1 aromatic heterocycles. The summed E-state index contributed by atoms with van der Waals surface area (Å²) in [5.41, 5.74) is 1.95. The summed E-state index contributed by atoms with van der Waals surface area (Å²) in [6.45, 7) is 5.41. The van der Waals surface area contributed by atoms with Gasteiger partial charge in [0.1, 0.15) is 5.69 Å². The van der Waals surface area contributed by atoms with E-state index in [2.05, 4.69) is 24.3 Å². The van der Waals surface area contributed by atoms with Crippen molar-refractivity contribution in [3.63, 3.8) is 0 Å². The van der Waals surface area contributed by atoms with Gasteiger partial charge in [0.05, 0.1) is 10.7 Å². The van der Waals surface area contributed by atoms with Crippen molar-refractivity contribution in [3.8, 4) is 5.69 Å². The first-order valence-electron chi connectivity index (χ1n) is 6.78. The van der Waals surface area contributed by atoms with Crippen molar-refractivity contribution < 1.29 is 0 Å². The molecule has 0 aliphatic heterocycles. The molecule has 0 atom stereocenters. The third kappa shape index (κ3) is 3.29. The smallest absolute Gasteiger partial charge is 0.106 e. The van der Waals surface area contributed by atoms with Gasteiger partial charge in [-0.1, -0.05) is 44.4 Å². The molecule has 1 N–H and O–H groups in total. The molecular weight excluding hydrogens is 258 g/mol. The maximum absolute atomic E-state index is 6.30. The van der Waals surface area contributed by atoms with Crippen LogP contribution in [0.1, 0.15) is 26.7 Å². The molecule has 0 amide bonds. The Labute approximate surface area is 119 Å². The van der Waals surface area contributed by atoms with Crippen LogP contribution >= 0.6 is 11.6 Å². The SMILES string of the molecule is CCC(CC)CNc1cccc(Cl)c1-n1cccn1. The van der Waals surface area contributed by atoms with Crippen molar-refractivity contribution in [1.82, 2.24) is 9.78 Å². The molecule has 0 bridgehead atoms. The highest BCUT2D eigenvalue weighted by Gasteiger charge is 2.10. The highest BCUT2D eigenvalue weighted by molar-refractivity contribution is 6.33. The highest BCUT2D eigenvalue weighted by atomic mass is 35.5. The summed E-state index contributed by atoms with van der Waals surface area (Å²) >= 11 is 6.30. The standard InChI is InChI=1S/C15H20ClN3/c1-3-12(4-2)11-17-14-8-5-7-13(16)15(14)19-10-6-9-18-19/h5-10,12,17H,3-4,11H2,1-2H3. The predicted octanol–water partition coefficient (Wildman–Crippen LogP) is 4.37. The lowest BCUT2D eigenvalue weighted by Gasteiger charge is -2.17. The molecule has 0 aliphatic rings. The number of aromatic nitrogens is 2. The molecule has 0 unspecified atom stereocenters. The summed E-state index contributed by atoms with van der Waals surface area (Å²) in [6, 6.07) is 7.80. The van der Waals surface area contributed by atoms with Gasteiger partial charge in [-0.3, -0.25) is 0 Å². The molecule has 1 heterocycles. The number of hydrogen-bond acceptors (Lipinski definition) is 2. The van der Waals surface area contributed by atoms with Gasteiger partial charge in [-0.05, 0) is 24.1 Å². The van der Waals surface area contributed by atoms with E-state index < -0.39 is 0 Å². The van der Waals surface area contributed by atoms with Crippen LogP contribution in [-0.2, 0) is 0 Å². The normalized spacial score (nSPS) is 10.9. The zero-order valence-corrected chi connectivity index (χ0v) is 12.2. The first kappa shape index (κ1) is 13.9.